The van der Waals surface area contributed by atoms with Crippen LogP contribution < -0.4 is 0 Å². The van der Waals surface area contributed by atoms with Crippen LogP contribution in [0.2, 0.25) is 10.0 Å². The van der Waals surface area contributed by atoms with E-state index in [0.717, 1.165) is 11.1 Å². The fourth-order valence-corrected chi connectivity index (χ4v) is 2.53. The summed E-state index contributed by atoms with van der Waals surface area (Å²) in [5, 5.41) is 10.9. The van der Waals surface area contributed by atoms with Gasteiger partial charge in [-0.1, -0.05) is 35.3 Å². The SMILES string of the molecule is Cc1cc(Cl)c(C(O)c2c(F)cccc2Cl)cc1C. The van der Waals surface area contributed by atoms with Crippen molar-refractivity contribution < 1.29 is 9.50 Å². The second-order valence-corrected chi connectivity index (χ2v) is 5.31. The fraction of sp³-hybridized carbons (Fsp3) is 0.200. The van der Waals surface area contributed by atoms with Crippen LogP contribution in [0.25, 0.3) is 0 Å². The molecule has 1 atom stereocenters. The van der Waals surface area contributed by atoms with Gasteiger partial charge in [0.05, 0.1) is 0 Å². The Labute approximate surface area is 121 Å². The van der Waals surface area contributed by atoms with E-state index in [4.69, 9.17) is 23.2 Å². The molecular formula is C15H13Cl2FO. The minimum absolute atomic E-state index is 0.0503. The van der Waals surface area contributed by atoms with Crippen molar-refractivity contribution in [1.29, 1.82) is 0 Å². The van der Waals surface area contributed by atoms with Gasteiger partial charge >= 0.3 is 0 Å². The highest BCUT2D eigenvalue weighted by Gasteiger charge is 2.21. The molecule has 1 N–H and O–H groups in total. The molecule has 0 heterocycles. The molecule has 1 unspecified atom stereocenters. The van der Waals surface area contributed by atoms with Gasteiger partial charge in [-0.25, -0.2) is 4.39 Å². The quantitative estimate of drug-likeness (QED) is 0.842. The van der Waals surface area contributed by atoms with Gasteiger partial charge in [-0.15, -0.1) is 0 Å². The summed E-state index contributed by atoms with van der Waals surface area (Å²) in [6.45, 7) is 3.83. The van der Waals surface area contributed by atoms with Gasteiger partial charge in [-0.2, -0.15) is 0 Å². The van der Waals surface area contributed by atoms with Crippen LogP contribution in [-0.4, -0.2) is 5.11 Å². The fourth-order valence-electron chi connectivity index (χ4n) is 1.94. The van der Waals surface area contributed by atoms with Crippen molar-refractivity contribution >= 4 is 23.2 Å². The summed E-state index contributed by atoms with van der Waals surface area (Å²) in [5.74, 6) is -0.547. The van der Waals surface area contributed by atoms with E-state index in [1.807, 2.05) is 13.8 Å². The molecule has 2 aromatic rings. The van der Waals surface area contributed by atoms with E-state index >= 15 is 0 Å². The molecule has 0 saturated carbocycles. The Hall–Kier alpha value is -1.09. The molecule has 0 aliphatic heterocycles. The summed E-state index contributed by atoms with van der Waals surface area (Å²) in [6, 6.07) is 7.81. The van der Waals surface area contributed by atoms with Gasteiger partial charge < -0.3 is 5.11 Å². The first-order valence-corrected chi connectivity index (χ1v) is 6.56. The van der Waals surface area contributed by atoms with E-state index in [0.29, 0.717) is 10.6 Å². The van der Waals surface area contributed by atoms with Crippen LogP contribution in [0.3, 0.4) is 0 Å². The number of benzene rings is 2. The average Bonchev–Trinajstić information content (AvgIpc) is 2.33. The Kier molecular flexibility index (Phi) is 4.14. The lowest BCUT2D eigenvalue weighted by Crippen LogP contribution is -2.05. The highest BCUT2D eigenvalue weighted by atomic mass is 35.5. The second-order valence-electron chi connectivity index (χ2n) is 4.50. The third-order valence-electron chi connectivity index (χ3n) is 3.18. The minimum atomic E-state index is -1.18. The molecule has 100 valence electrons. The third-order valence-corrected chi connectivity index (χ3v) is 3.84. The first-order chi connectivity index (χ1) is 8.91. The van der Waals surface area contributed by atoms with Crippen LogP contribution in [-0.2, 0) is 0 Å². The number of aliphatic hydroxyl groups excluding tert-OH is 1. The predicted molar refractivity (Wildman–Crippen MR) is 76.4 cm³/mol. The van der Waals surface area contributed by atoms with E-state index in [-0.39, 0.29) is 10.6 Å². The van der Waals surface area contributed by atoms with Gasteiger partial charge in [-0.05, 0) is 43.2 Å². The Morgan fingerprint density at radius 2 is 1.68 bits per heavy atom. The maximum absolute atomic E-state index is 13.8. The van der Waals surface area contributed by atoms with Gasteiger partial charge in [0.15, 0.2) is 0 Å². The maximum atomic E-state index is 13.8. The van der Waals surface area contributed by atoms with Crippen LogP contribution in [0.4, 0.5) is 4.39 Å². The molecule has 0 radical (unpaired) electrons. The molecule has 0 fully saturated rings. The van der Waals surface area contributed by atoms with E-state index in [1.54, 1.807) is 12.1 Å². The molecule has 4 heteroatoms. The smallest absolute Gasteiger partial charge is 0.130 e. The van der Waals surface area contributed by atoms with Gasteiger partial charge in [0.2, 0.25) is 0 Å². The Bertz CT molecular complexity index is 606. The monoisotopic (exact) mass is 298 g/mol. The van der Waals surface area contributed by atoms with Crippen molar-refractivity contribution in [1.82, 2.24) is 0 Å². The number of halogens is 3. The van der Waals surface area contributed by atoms with Gasteiger partial charge in [0, 0.05) is 21.2 Å². The van der Waals surface area contributed by atoms with Gasteiger partial charge in [-0.3, -0.25) is 0 Å². The van der Waals surface area contributed by atoms with Gasteiger partial charge in [0.1, 0.15) is 11.9 Å². The van der Waals surface area contributed by atoms with Gasteiger partial charge in [0.25, 0.3) is 0 Å². The predicted octanol–water partition coefficient (Wildman–Crippen LogP) is 4.83. The summed E-state index contributed by atoms with van der Waals surface area (Å²) < 4.78 is 13.8. The van der Waals surface area contributed by atoms with Crippen LogP contribution in [0.1, 0.15) is 28.4 Å². The third kappa shape index (κ3) is 2.76. The first-order valence-electron chi connectivity index (χ1n) is 5.80. The molecule has 0 spiro atoms. The Balaban J connectivity index is 2.56. The number of hydrogen-bond acceptors (Lipinski definition) is 1. The zero-order valence-electron chi connectivity index (χ0n) is 10.5. The zero-order valence-corrected chi connectivity index (χ0v) is 12.1. The van der Waals surface area contributed by atoms with Crippen molar-refractivity contribution in [2.24, 2.45) is 0 Å². The van der Waals surface area contributed by atoms with Crippen LogP contribution in [0, 0.1) is 19.7 Å². The molecule has 1 nitrogen and oxygen atoms in total. The number of hydrogen-bond donors (Lipinski definition) is 1. The van der Waals surface area contributed by atoms with E-state index in [1.165, 1.54) is 18.2 Å². The molecule has 0 amide bonds. The molecule has 2 aromatic carbocycles. The van der Waals surface area contributed by atoms with Crippen LogP contribution in [0.15, 0.2) is 30.3 Å². The van der Waals surface area contributed by atoms with Crippen molar-refractivity contribution in [2.75, 3.05) is 0 Å². The highest BCUT2D eigenvalue weighted by molar-refractivity contribution is 6.32. The summed E-state index contributed by atoms with van der Waals surface area (Å²) >= 11 is 12.1. The Morgan fingerprint density at radius 3 is 2.32 bits per heavy atom. The van der Waals surface area contributed by atoms with Crippen molar-refractivity contribution in [3.8, 4) is 0 Å². The Morgan fingerprint density at radius 1 is 1.05 bits per heavy atom. The normalized spacial score (nSPS) is 12.5. The van der Waals surface area contributed by atoms with E-state index in [2.05, 4.69) is 0 Å². The zero-order chi connectivity index (χ0) is 14.2. The summed E-state index contributed by atoms with van der Waals surface area (Å²) in [7, 11) is 0. The molecule has 0 aromatic heterocycles. The first kappa shape index (κ1) is 14.3. The van der Waals surface area contributed by atoms with Crippen molar-refractivity contribution in [3.05, 3.63) is 68.4 Å². The molecule has 0 aliphatic rings. The largest absolute Gasteiger partial charge is 0.383 e. The molecule has 0 aliphatic carbocycles. The van der Waals surface area contributed by atoms with E-state index in [9.17, 15) is 9.50 Å². The summed E-state index contributed by atoms with van der Waals surface area (Å²) in [4.78, 5) is 0. The van der Waals surface area contributed by atoms with E-state index < -0.39 is 11.9 Å². The lowest BCUT2D eigenvalue weighted by Gasteiger charge is -2.17. The van der Waals surface area contributed by atoms with Crippen molar-refractivity contribution in [3.63, 3.8) is 0 Å². The minimum Gasteiger partial charge on any atom is -0.383 e. The van der Waals surface area contributed by atoms with Crippen molar-refractivity contribution in [2.45, 2.75) is 20.0 Å². The van der Waals surface area contributed by atoms with Crippen LogP contribution >= 0.6 is 23.2 Å². The lowest BCUT2D eigenvalue weighted by atomic mass is 9.97. The number of rotatable bonds is 2. The summed E-state index contributed by atoms with van der Waals surface area (Å²) in [5.41, 5.74) is 2.50. The number of aryl methyl sites for hydroxylation is 2. The molecule has 0 bridgehead atoms. The standard InChI is InChI=1S/C15H13Cl2FO/c1-8-6-10(12(17)7-9(8)2)15(19)14-11(16)4-3-5-13(14)18/h3-7,15,19H,1-2H3. The summed E-state index contributed by atoms with van der Waals surface area (Å²) in [6.07, 6.45) is -1.18. The number of aliphatic hydroxyl groups is 1. The van der Waals surface area contributed by atoms with Crippen LogP contribution in [0.5, 0.6) is 0 Å². The topological polar surface area (TPSA) is 20.2 Å². The second kappa shape index (κ2) is 5.49. The molecule has 2 rings (SSSR count). The molecule has 19 heavy (non-hydrogen) atoms. The molecular weight excluding hydrogens is 286 g/mol. The average molecular weight is 299 g/mol. The highest BCUT2D eigenvalue weighted by Crippen LogP contribution is 2.35. The molecule has 0 saturated heterocycles. The maximum Gasteiger partial charge on any atom is 0.130 e. The lowest BCUT2D eigenvalue weighted by molar-refractivity contribution is 0.215.